The number of aryl methyl sites for hydroxylation is 1. The summed E-state index contributed by atoms with van der Waals surface area (Å²) < 4.78 is 7.80. The number of hydrogen-bond acceptors (Lipinski definition) is 5. The highest BCUT2D eigenvalue weighted by Gasteiger charge is 2.17. The Labute approximate surface area is 165 Å². The highest BCUT2D eigenvalue weighted by atomic mass is 32.2. The first kappa shape index (κ1) is 19.7. The zero-order valence-electron chi connectivity index (χ0n) is 16.3. The standard InChI is InChI=1S/C20H28N4O2S/c1-14-8-7-11-17(15(14)2)26-12-18-22-23-20(24(18)3)27-13-19(25)21-16-9-5-4-6-10-16/h7-8,11,16H,4-6,9-10,12-13H2,1-3H3,(H,21,25). The number of benzene rings is 1. The van der Waals surface area contributed by atoms with Gasteiger partial charge < -0.3 is 14.6 Å². The van der Waals surface area contributed by atoms with E-state index in [-0.39, 0.29) is 5.91 Å². The molecule has 0 aliphatic heterocycles. The van der Waals surface area contributed by atoms with Crippen molar-refractivity contribution < 1.29 is 9.53 Å². The van der Waals surface area contributed by atoms with Crippen molar-refractivity contribution in [3.8, 4) is 5.75 Å². The van der Waals surface area contributed by atoms with Crippen molar-refractivity contribution in [1.82, 2.24) is 20.1 Å². The highest BCUT2D eigenvalue weighted by molar-refractivity contribution is 7.99. The summed E-state index contributed by atoms with van der Waals surface area (Å²) in [5.41, 5.74) is 2.33. The Bertz CT molecular complexity index is 784. The van der Waals surface area contributed by atoms with Crippen LogP contribution in [0.4, 0.5) is 0 Å². The summed E-state index contributed by atoms with van der Waals surface area (Å²) in [6.45, 7) is 4.47. The highest BCUT2D eigenvalue weighted by Crippen LogP contribution is 2.22. The first-order valence-electron chi connectivity index (χ1n) is 9.54. The number of thioether (sulfide) groups is 1. The van der Waals surface area contributed by atoms with Gasteiger partial charge in [0.2, 0.25) is 5.91 Å². The molecule has 0 unspecified atom stereocenters. The van der Waals surface area contributed by atoms with E-state index in [1.807, 2.05) is 30.7 Å². The van der Waals surface area contributed by atoms with E-state index in [4.69, 9.17) is 4.74 Å². The SMILES string of the molecule is Cc1cccc(OCc2nnc(SCC(=O)NC3CCCCC3)n2C)c1C. The van der Waals surface area contributed by atoms with Gasteiger partial charge in [-0.2, -0.15) is 0 Å². The summed E-state index contributed by atoms with van der Waals surface area (Å²) in [5.74, 6) is 2.04. The van der Waals surface area contributed by atoms with Crippen LogP contribution < -0.4 is 10.1 Å². The van der Waals surface area contributed by atoms with E-state index in [1.54, 1.807) is 0 Å². The van der Waals surface area contributed by atoms with Crippen LogP contribution in [0.25, 0.3) is 0 Å². The molecule has 6 nitrogen and oxygen atoms in total. The van der Waals surface area contributed by atoms with Crippen molar-refractivity contribution in [1.29, 1.82) is 0 Å². The summed E-state index contributed by atoms with van der Waals surface area (Å²) in [7, 11) is 1.91. The topological polar surface area (TPSA) is 69.0 Å². The number of nitrogens with zero attached hydrogens (tertiary/aromatic N) is 3. The predicted octanol–water partition coefficient (Wildman–Crippen LogP) is 3.55. The van der Waals surface area contributed by atoms with E-state index >= 15 is 0 Å². The van der Waals surface area contributed by atoms with Crippen LogP contribution in [0.2, 0.25) is 0 Å². The van der Waals surface area contributed by atoms with Gasteiger partial charge in [0.15, 0.2) is 11.0 Å². The average Bonchev–Trinajstić information content (AvgIpc) is 3.02. The molecule has 0 spiro atoms. The third kappa shape index (κ3) is 5.25. The van der Waals surface area contributed by atoms with Crippen LogP contribution in [0.5, 0.6) is 5.75 Å². The van der Waals surface area contributed by atoms with Crippen molar-refractivity contribution in [3.05, 3.63) is 35.2 Å². The lowest BCUT2D eigenvalue weighted by atomic mass is 9.95. The second-order valence-electron chi connectivity index (χ2n) is 7.14. The Morgan fingerprint density at radius 3 is 2.81 bits per heavy atom. The Morgan fingerprint density at radius 2 is 2.04 bits per heavy atom. The minimum absolute atomic E-state index is 0.0723. The maximum atomic E-state index is 12.2. The quantitative estimate of drug-likeness (QED) is 0.735. The molecule has 1 saturated carbocycles. The van der Waals surface area contributed by atoms with Gasteiger partial charge in [-0.25, -0.2) is 0 Å². The molecule has 1 aliphatic rings. The Hall–Kier alpha value is -2.02. The van der Waals surface area contributed by atoms with Gasteiger partial charge in [-0.3, -0.25) is 4.79 Å². The maximum absolute atomic E-state index is 12.2. The number of amides is 1. The summed E-state index contributed by atoms with van der Waals surface area (Å²) >= 11 is 1.41. The predicted molar refractivity (Wildman–Crippen MR) is 107 cm³/mol. The van der Waals surface area contributed by atoms with Crippen LogP contribution in [0.1, 0.15) is 49.1 Å². The molecule has 0 bridgehead atoms. The monoisotopic (exact) mass is 388 g/mol. The zero-order chi connectivity index (χ0) is 19.2. The first-order valence-corrected chi connectivity index (χ1v) is 10.5. The molecule has 0 atom stereocenters. The molecule has 2 aromatic rings. The van der Waals surface area contributed by atoms with Crippen molar-refractivity contribution in [2.45, 2.75) is 63.8 Å². The molecule has 3 rings (SSSR count). The number of rotatable bonds is 7. The van der Waals surface area contributed by atoms with Crippen molar-refractivity contribution >= 4 is 17.7 Å². The lowest BCUT2D eigenvalue weighted by molar-refractivity contribution is -0.119. The van der Waals surface area contributed by atoms with Crippen LogP contribution in [0, 0.1) is 13.8 Å². The maximum Gasteiger partial charge on any atom is 0.230 e. The van der Waals surface area contributed by atoms with Gasteiger partial charge in [-0.05, 0) is 43.9 Å². The molecule has 1 aromatic carbocycles. The molecule has 1 N–H and O–H groups in total. The molecule has 1 heterocycles. The van der Waals surface area contributed by atoms with Crippen LogP contribution in [-0.2, 0) is 18.4 Å². The van der Waals surface area contributed by atoms with E-state index in [0.29, 0.717) is 18.4 Å². The van der Waals surface area contributed by atoms with Gasteiger partial charge >= 0.3 is 0 Å². The summed E-state index contributed by atoms with van der Waals surface area (Å²) in [6, 6.07) is 6.36. The van der Waals surface area contributed by atoms with E-state index in [9.17, 15) is 4.79 Å². The van der Waals surface area contributed by atoms with E-state index in [2.05, 4.69) is 28.5 Å². The number of carbonyl (C=O) groups is 1. The van der Waals surface area contributed by atoms with Crippen molar-refractivity contribution in [2.24, 2.45) is 7.05 Å². The molecular formula is C20H28N4O2S. The number of ether oxygens (including phenoxy) is 1. The zero-order valence-corrected chi connectivity index (χ0v) is 17.1. The van der Waals surface area contributed by atoms with Gasteiger partial charge in [0, 0.05) is 13.1 Å². The molecule has 7 heteroatoms. The van der Waals surface area contributed by atoms with E-state index < -0.39 is 0 Å². The number of aromatic nitrogens is 3. The fourth-order valence-corrected chi connectivity index (χ4v) is 4.01. The Balaban J connectivity index is 1.50. The lowest BCUT2D eigenvalue weighted by Gasteiger charge is -2.22. The molecule has 1 amide bonds. The fraction of sp³-hybridized carbons (Fsp3) is 0.550. The van der Waals surface area contributed by atoms with Gasteiger partial charge in [0.1, 0.15) is 12.4 Å². The fourth-order valence-electron chi connectivity index (χ4n) is 3.27. The van der Waals surface area contributed by atoms with Gasteiger partial charge in [-0.1, -0.05) is 43.2 Å². The number of nitrogens with one attached hydrogen (secondary N) is 1. The molecule has 27 heavy (non-hydrogen) atoms. The Kier molecular flexibility index (Phi) is 6.77. The van der Waals surface area contributed by atoms with E-state index in [1.165, 1.54) is 36.6 Å². The van der Waals surface area contributed by atoms with Crippen LogP contribution in [0.3, 0.4) is 0 Å². The van der Waals surface area contributed by atoms with Crippen molar-refractivity contribution in [2.75, 3.05) is 5.75 Å². The lowest BCUT2D eigenvalue weighted by Crippen LogP contribution is -2.37. The number of hydrogen-bond donors (Lipinski definition) is 1. The Morgan fingerprint density at radius 1 is 1.26 bits per heavy atom. The van der Waals surface area contributed by atoms with Crippen LogP contribution in [-0.4, -0.2) is 32.5 Å². The molecule has 0 saturated heterocycles. The minimum atomic E-state index is 0.0723. The second kappa shape index (κ2) is 9.26. The third-order valence-corrected chi connectivity index (χ3v) is 6.16. The van der Waals surface area contributed by atoms with Crippen molar-refractivity contribution in [3.63, 3.8) is 0 Å². The summed E-state index contributed by atoms with van der Waals surface area (Å²) in [4.78, 5) is 12.2. The summed E-state index contributed by atoms with van der Waals surface area (Å²) in [5, 5.41) is 12.3. The molecule has 1 aromatic heterocycles. The summed E-state index contributed by atoms with van der Waals surface area (Å²) in [6.07, 6.45) is 5.91. The van der Waals surface area contributed by atoms with Gasteiger partial charge in [0.25, 0.3) is 0 Å². The third-order valence-electron chi connectivity index (χ3n) is 5.14. The number of carbonyl (C=O) groups excluding carboxylic acids is 1. The first-order chi connectivity index (χ1) is 13.0. The molecule has 0 radical (unpaired) electrons. The van der Waals surface area contributed by atoms with Gasteiger partial charge in [-0.15, -0.1) is 10.2 Å². The molecule has 146 valence electrons. The molecule has 1 fully saturated rings. The minimum Gasteiger partial charge on any atom is -0.485 e. The van der Waals surface area contributed by atoms with Crippen LogP contribution >= 0.6 is 11.8 Å². The smallest absolute Gasteiger partial charge is 0.230 e. The van der Waals surface area contributed by atoms with Gasteiger partial charge in [0.05, 0.1) is 5.75 Å². The largest absolute Gasteiger partial charge is 0.485 e. The molecule has 1 aliphatic carbocycles. The van der Waals surface area contributed by atoms with E-state index in [0.717, 1.165) is 35.1 Å². The normalized spacial score (nSPS) is 14.9. The van der Waals surface area contributed by atoms with Crippen LogP contribution in [0.15, 0.2) is 23.4 Å². The second-order valence-corrected chi connectivity index (χ2v) is 8.08. The molecular weight excluding hydrogens is 360 g/mol. The average molecular weight is 389 g/mol.